The Morgan fingerprint density at radius 2 is 2.14 bits per heavy atom. The molecule has 0 N–H and O–H groups in total. The minimum absolute atomic E-state index is 0.204. The van der Waals surface area contributed by atoms with E-state index >= 15 is 0 Å². The lowest BCUT2D eigenvalue weighted by Gasteiger charge is -2.22. The molecule has 0 aromatic carbocycles. The van der Waals surface area contributed by atoms with Gasteiger partial charge in [-0.25, -0.2) is 0 Å². The van der Waals surface area contributed by atoms with Crippen molar-refractivity contribution in [1.29, 1.82) is 0 Å². The Balaban J connectivity index is 2.88. The van der Waals surface area contributed by atoms with Crippen LogP contribution in [0.1, 0.15) is 13.3 Å². The first-order valence-electron chi connectivity index (χ1n) is 4.74. The topological polar surface area (TPSA) is 21.6 Å². The average Bonchev–Trinajstić information content (AvgIpc) is 2.29. The summed E-state index contributed by atoms with van der Waals surface area (Å²) < 4.78 is 5.43. The van der Waals surface area contributed by atoms with Crippen molar-refractivity contribution >= 4 is 5.71 Å². The largest absolute Gasteiger partial charge is 0.374 e. The monoisotopic (exact) mass is 191 g/mol. The number of hydrogen-bond donors (Lipinski definition) is 0. The lowest BCUT2D eigenvalue weighted by molar-refractivity contribution is 0.0515. The van der Waals surface area contributed by atoms with Crippen LogP contribution < -0.4 is 0 Å². The molecule has 0 fully saturated rings. The highest BCUT2D eigenvalue weighted by atomic mass is 16.5. The molecule has 14 heavy (non-hydrogen) atoms. The van der Waals surface area contributed by atoms with Gasteiger partial charge < -0.3 is 4.74 Å². The van der Waals surface area contributed by atoms with Crippen LogP contribution in [0, 0.1) is 0 Å². The number of rotatable bonds is 1. The maximum atomic E-state index is 5.43. The van der Waals surface area contributed by atoms with Crippen molar-refractivity contribution < 1.29 is 4.74 Å². The summed E-state index contributed by atoms with van der Waals surface area (Å²) in [7, 11) is 3.52. The first-order chi connectivity index (χ1) is 6.70. The highest BCUT2D eigenvalue weighted by Crippen LogP contribution is 2.17. The fourth-order valence-electron chi connectivity index (χ4n) is 1.25. The van der Waals surface area contributed by atoms with Crippen LogP contribution >= 0.6 is 0 Å². The molecule has 0 radical (unpaired) electrons. The summed E-state index contributed by atoms with van der Waals surface area (Å²) in [6.45, 7) is 2.07. The average molecular weight is 191 g/mol. The second-order valence-electron chi connectivity index (χ2n) is 3.49. The number of aliphatic imine (C=N–C) groups is 1. The first-order valence-corrected chi connectivity index (χ1v) is 4.74. The number of allylic oxidation sites excluding steroid dienone is 4. The Morgan fingerprint density at radius 3 is 2.79 bits per heavy atom. The number of ether oxygens (including phenoxy) is 1. The van der Waals surface area contributed by atoms with Gasteiger partial charge >= 0.3 is 0 Å². The maximum Gasteiger partial charge on any atom is 0.0868 e. The Kier molecular flexibility index (Phi) is 3.84. The highest BCUT2D eigenvalue weighted by Gasteiger charge is 2.17. The zero-order chi connectivity index (χ0) is 10.4. The predicted octanol–water partition coefficient (Wildman–Crippen LogP) is 2.53. The van der Waals surface area contributed by atoms with E-state index < -0.39 is 0 Å². The van der Waals surface area contributed by atoms with Crippen molar-refractivity contribution in [2.45, 2.75) is 18.9 Å². The van der Waals surface area contributed by atoms with E-state index in [0.717, 1.165) is 12.1 Å². The number of hydrogen-bond acceptors (Lipinski definition) is 2. The standard InChI is InChI=1S/C12H17NO/c1-12(14-3)9-5-4-7-11(13-2)8-6-10-12/h4-9H,10H2,1-3H3/b7-4?,8-6-,9-5?,13-11?. The SMILES string of the molecule is CN=C1C=CC=CC(C)(OC)C/C=C\1. The molecule has 1 rings (SSSR count). The minimum atomic E-state index is -0.204. The van der Waals surface area contributed by atoms with Gasteiger partial charge in [-0.15, -0.1) is 0 Å². The summed E-state index contributed by atoms with van der Waals surface area (Å²) in [6, 6.07) is 0. The van der Waals surface area contributed by atoms with Gasteiger partial charge in [0.05, 0.1) is 11.3 Å². The molecule has 1 unspecified atom stereocenters. The van der Waals surface area contributed by atoms with Gasteiger partial charge in [-0.05, 0) is 25.5 Å². The van der Waals surface area contributed by atoms with Crippen LogP contribution in [-0.4, -0.2) is 25.5 Å². The highest BCUT2D eigenvalue weighted by molar-refractivity contribution is 6.04. The zero-order valence-electron chi connectivity index (χ0n) is 9.03. The van der Waals surface area contributed by atoms with Gasteiger partial charge in [0.25, 0.3) is 0 Å². The summed E-state index contributed by atoms with van der Waals surface area (Å²) in [5.41, 5.74) is 0.777. The molecular formula is C12H17NO. The van der Waals surface area contributed by atoms with Gasteiger partial charge in [0, 0.05) is 14.2 Å². The molecule has 1 atom stereocenters. The molecule has 0 amide bonds. The molecule has 1 aliphatic carbocycles. The fourth-order valence-corrected chi connectivity index (χ4v) is 1.25. The molecular weight excluding hydrogens is 174 g/mol. The Labute approximate surface area is 85.7 Å². The lowest BCUT2D eigenvalue weighted by atomic mass is 10.0. The Bertz CT molecular complexity index is 299. The van der Waals surface area contributed by atoms with E-state index in [1.54, 1.807) is 14.2 Å². The van der Waals surface area contributed by atoms with Crippen molar-refractivity contribution in [3.63, 3.8) is 0 Å². The van der Waals surface area contributed by atoms with Crippen LogP contribution in [0.15, 0.2) is 41.4 Å². The quantitative estimate of drug-likeness (QED) is 0.624. The van der Waals surface area contributed by atoms with E-state index in [1.807, 2.05) is 24.3 Å². The normalized spacial score (nSPS) is 32.4. The molecule has 0 aromatic heterocycles. The van der Waals surface area contributed by atoms with Crippen LogP contribution in [0.25, 0.3) is 0 Å². The maximum absolute atomic E-state index is 5.43. The van der Waals surface area contributed by atoms with E-state index in [2.05, 4.69) is 24.1 Å². The van der Waals surface area contributed by atoms with Crippen LogP contribution in [0.3, 0.4) is 0 Å². The van der Waals surface area contributed by atoms with Gasteiger partial charge in [0.2, 0.25) is 0 Å². The van der Waals surface area contributed by atoms with E-state index in [1.165, 1.54) is 0 Å². The van der Waals surface area contributed by atoms with Crippen molar-refractivity contribution in [2.24, 2.45) is 4.99 Å². The first kappa shape index (κ1) is 10.9. The molecule has 0 aromatic rings. The van der Waals surface area contributed by atoms with E-state index in [-0.39, 0.29) is 5.60 Å². The van der Waals surface area contributed by atoms with Crippen molar-refractivity contribution in [3.8, 4) is 0 Å². The Hall–Kier alpha value is -1.15. The van der Waals surface area contributed by atoms with Crippen molar-refractivity contribution in [1.82, 2.24) is 0 Å². The van der Waals surface area contributed by atoms with Crippen LogP contribution in [0.2, 0.25) is 0 Å². The molecule has 1 aliphatic rings. The molecule has 0 heterocycles. The zero-order valence-corrected chi connectivity index (χ0v) is 9.03. The van der Waals surface area contributed by atoms with Gasteiger partial charge in [-0.1, -0.05) is 24.3 Å². The molecule has 0 spiro atoms. The number of methoxy groups -OCH3 is 1. The number of nitrogens with zero attached hydrogens (tertiary/aromatic N) is 1. The predicted molar refractivity (Wildman–Crippen MR) is 60.8 cm³/mol. The summed E-state index contributed by atoms with van der Waals surface area (Å²) in [6.07, 6.45) is 13.0. The second-order valence-corrected chi connectivity index (χ2v) is 3.49. The van der Waals surface area contributed by atoms with E-state index in [0.29, 0.717) is 0 Å². The summed E-state index contributed by atoms with van der Waals surface area (Å²) in [5.74, 6) is 0. The molecule has 0 saturated heterocycles. The molecule has 76 valence electrons. The van der Waals surface area contributed by atoms with E-state index in [9.17, 15) is 0 Å². The van der Waals surface area contributed by atoms with Crippen molar-refractivity contribution in [2.75, 3.05) is 14.2 Å². The molecule has 2 heteroatoms. The molecule has 0 saturated carbocycles. The smallest absolute Gasteiger partial charge is 0.0868 e. The van der Waals surface area contributed by atoms with E-state index in [4.69, 9.17) is 4.74 Å². The fraction of sp³-hybridized carbons (Fsp3) is 0.417. The Morgan fingerprint density at radius 1 is 1.36 bits per heavy atom. The molecule has 0 aliphatic heterocycles. The van der Waals surface area contributed by atoms with Gasteiger partial charge in [-0.2, -0.15) is 0 Å². The van der Waals surface area contributed by atoms with Crippen LogP contribution in [-0.2, 0) is 4.74 Å². The summed E-state index contributed by atoms with van der Waals surface area (Å²) >= 11 is 0. The van der Waals surface area contributed by atoms with Gasteiger partial charge in [0.1, 0.15) is 0 Å². The summed E-state index contributed by atoms with van der Waals surface area (Å²) in [4.78, 5) is 4.13. The van der Waals surface area contributed by atoms with Gasteiger partial charge in [0.15, 0.2) is 0 Å². The third kappa shape index (κ3) is 2.96. The lowest BCUT2D eigenvalue weighted by Crippen LogP contribution is -2.22. The van der Waals surface area contributed by atoms with Crippen LogP contribution in [0.5, 0.6) is 0 Å². The third-order valence-electron chi connectivity index (χ3n) is 2.36. The van der Waals surface area contributed by atoms with Crippen molar-refractivity contribution in [3.05, 3.63) is 36.5 Å². The second kappa shape index (κ2) is 4.91. The third-order valence-corrected chi connectivity index (χ3v) is 2.36. The molecule has 2 nitrogen and oxygen atoms in total. The van der Waals surface area contributed by atoms with Crippen LogP contribution in [0.4, 0.5) is 0 Å². The minimum Gasteiger partial charge on any atom is -0.374 e. The summed E-state index contributed by atoms with van der Waals surface area (Å²) in [5, 5.41) is 0. The molecule has 0 bridgehead atoms. The van der Waals surface area contributed by atoms with Gasteiger partial charge in [-0.3, -0.25) is 4.99 Å².